The summed E-state index contributed by atoms with van der Waals surface area (Å²) in [5, 5.41) is 19.3. The Labute approximate surface area is 208 Å². The van der Waals surface area contributed by atoms with Crippen LogP contribution in [0.4, 0.5) is 16.2 Å². The maximum atomic E-state index is 13.0. The lowest BCUT2D eigenvalue weighted by Gasteiger charge is -2.21. The predicted octanol–water partition coefficient (Wildman–Crippen LogP) is 2.74. The Balaban J connectivity index is 1.66. The van der Waals surface area contributed by atoms with Gasteiger partial charge in [-0.25, -0.2) is 10.3 Å². The lowest BCUT2D eigenvalue weighted by Crippen LogP contribution is -2.52. The monoisotopic (exact) mass is 489 g/mol. The molecule has 186 valence electrons. The van der Waals surface area contributed by atoms with Crippen molar-refractivity contribution in [3.63, 3.8) is 0 Å². The van der Waals surface area contributed by atoms with Gasteiger partial charge in [-0.2, -0.15) is 0 Å². The number of hydrogen-bond donors (Lipinski definition) is 6. The van der Waals surface area contributed by atoms with E-state index in [-0.39, 0.29) is 12.5 Å². The van der Waals surface area contributed by atoms with Crippen molar-refractivity contribution in [1.29, 1.82) is 0 Å². The van der Waals surface area contributed by atoms with E-state index in [4.69, 9.17) is 5.21 Å². The highest BCUT2D eigenvalue weighted by molar-refractivity contribution is 6.35. The van der Waals surface area contributed by atoms with Crippen LogP contribution in [0.15, 0.2) is 84.9 Å². The molecule has 3 rings (SSSR count). The second-order valence-electron chi connectivity index (χ2n) is 7.95. The van der Waals surface area contributed by atoms with E-state index < -0.39 is 29.8 Å². The minimum absolute atomic E-state index is 0.0638. The van der Waals surface area contributed by atoms with Gasteiger partial charge in [-0.05, 0) is 42.3 Å². The molecule has 3 aromatic carbocycles. The summed E-state index contributed by atoms with van der Waals surface area (Å²) in [4.78, 5) is 48.7. The highest BCUT2D eigenvalue weighted by Crippen LogP contribution is 2.15. The van der Waals surface area contributed by atoms with Crippen molar-refractivity contribution in [1.82, 2.24) is 16.1 Å². The number of hydroxylamine groups is 1. The molecule has 0 unspecified atom stereocenters. The Morgan fingerprint density at radius 2 is 1.28 bits per heavy atom. The minimum Gasteiger partial charge on any atom is -0.348 e. The first-order valence-corrected chi connectivity index (χ1v) is 11.2. The van der Waals surface area contributed by atoms with Crippen LogP contribution < -0.4 is 26.7 Å². The molecule has 0 aliphatic heterocycles. The highest BCUT2D eigenvalue weighted by atomic mass is 16.5. The first-order valence-electron chi connectivity index (χ1n) is 11.2. The summed E-state index contributed by atoms with van der Waals surface area (Å²) >= 11 is 0. The molecule has 0 heterocycles. The van der Waals surface area contributed by atoms with Crippen LogP contribution in [0, 0.1) is 0 Å². The van der Waals surface area contributed by atoms with Crippen molar-refractivity contribution < 1.29 is 24.4 Å². The maximum Gasteiger partial charge on any atom is 0.332 e. The zero-order valence-electron chi connectivity index (χ0n) is 19.5. The zero-order chi connectivity index (χ0) is 25.9. The van der Waals surface area contributed by atoms with Crippen LogP contribution in [-0.4, -0.2) is 35.0 Å². The molecule has 0 radical (unpaired) electrons. The summed E-state index contributed by atoms with van der Waals surface area (Å²) in [6, 6.07) is 23.1. The van der Waals surface area contributed by atoms with Crippen LogP contribution >= 0.6 is 0 Å². The first-order chi connectivity index (χ1) is 17.4. The summed E-state index contributed by atoms with van der Waals surface area (Å²) in [6.07, 6.45) is 0.0638. The van der Waals surface area contributed by atoms with E-state index >= 15 is 0 Å². The number of nitrogens with one attached hydrogen (secondary N) is 5. The van der Waals surface area contributed by atoms with Crippen LogP contribution in [0.25, 0.3) is 0 Å². The topological polar surface area (TPSA) is 149 Å². The smallest absolute Gasteiger partial charge is 0.332 e. The molecule has 0 saturated carbocycles. The highest BCUT2D eigenvalue weighted by Gasteiger charge is 2.25. The molecule has 0 spiro atoms. The number of amides is 5. The SMILES string of the molecule is C[C@H](NC(=O)[C@H](Cc1ccc(NC(=O)Nc2ccccc2)cc1)NC(=O)C(=O)NO)c1ccccc1. The molecule has 0 saturated heterocycles. The van der Waals surface area contributed by atoms with Gasteiger partial charge in [0.15, 0.2) is 0 Å². The molecular weight excluding hydrogens is 462 g/mol. The van der Waals surface area contributed by atoms with Gasteiger partial charge in [-0.3, -0.25) is 19.6 Å². The van der Waals surface area contributed by atoms with Crippen LogP contribution in [0.5, 0.6) is 0 Å². The fourth-order valence-electron chi connectivity index (χ4n) is 3.40. The number of hydrogen-bond acceptors (Lipinski definition) is 5. The average molecular weight is 490 g/mol. The molecule has 0 bridgehead atoms. The first kappa shape index (κ1) is 25.9. The molecule has 0 fully saturated rings. The van der Waals surface area contributed by atoms with Gasteiger partial charge in [0.25, 0.3) is 0 Å². The number of carbonyl (C=O) groups is 4. The van der Waals surface area contributed by atoms with Crippen LogP contribution in [0.3, 0.4) is 0 Å². The molecule has 6 N–H and O–H groups in total. The van der Waals surface area contributed by atoms with Gasteiger partial charge in [0.05, 0.1) is 6.04 Å². The summed E-state index contributed by atoms with van der Waals surface area (Å²) in [7, 11) is 0. The average Bonchev–Trinajstić information content (AvgIpc) is 2.89. The van der Waals surface area contributed by atoms with E-state index in [2.05, 4.69) is 21.3 Å². The lowest BCUT2D eigenvalue weighted by molar-refractivity contribution is -0.145. The van der Waals surface area contributed by atoms with Crippen molar-refractivity contribution in [2.75, 3.05) is 10.6 Å². The number of carbonyl (C=O) groups excluding carboxylic acids is 4. The van der Waals surface area contributed by atoms with Gasteiger partial charge >= 0.3 is 17.8 Å². The lowest BCUT2D eigenvalue weighted by atomic mass is 10.0. The molecule has 0 aliphatic rings. The molecule has 10 nitrogen and oxygen atoms in total. The maximum absolute atomic E-state index is 13.0. The zero-order valence-corrected chi connectivity index (χ0v) is 19.5. The largest absolute Gasteiger partial charge is 0.348 e. The van der Waals surface area contributed by atoms with Gasteiger partial charge < -0.3 is 21.3 Å². The number of rotatable bonds is 8. The van der Waals surface area contributed by atoms with Gasteiger partial charge in [-0.15, -0.1) is 0 Å². The number of urea groups is 1. The molecule has 0 aromatic heterocycles. The summed E-state index contributed by atoms with van der Waals surface area (Å²) in [5.41, 5.74) is 3.96. The third-order valence-electron chi connectivity index (χ3n) is 5.27. The van der Waals surface area contributed by atoms with E-state index in [1.54, 1.807) is 55.5 Å². The van der Waals surface area contributed by atoms with Crippen molar-refractivity contribution in [3.05, 3.63) is 96.1 Å². The van der Waals surface area contributed by atoms with E-state index in [1.165, 1.54) is 5.48 Å². The standard InChI is InChI=1S/C26H27N5O5/c1-17(19-8-4-2-5-9-19)27-23(32)22(30-24(33)25(34)31-36)16-18-12-14-21(15-13-18)29-26(35)28-20-10-6-3-7-11-20/h2-15,17,22,36H,16H2,1H3,(H,27,32)(H,30,33)(H,31,34)(H2,28,29,35)/t17-,22-/m0/s1. The van der Waals surface area contributed by atoms with Gasteiger partial charge in [-0.1, -0.05) is 60.7 Å². The van der Waals surface area contributed by atoms with Crippen LogP contribution in [0.1, 0.15) is 24.1 Å². The summed E-state index contributed by atoms with van der Waals surface area (Å²) < 4.78 is 0. The Kier molecular flexibility index (Phi) is 9.12. The van der Waals surface area contributed by atoms with E-state index in [0.717, 1.165) is 5.56 Å². The minimum atomic E-state index is -1.28. The summed E-state index contributed by atoms with van der Waals surface area (Å²) in [6.45, 7) is 1.80. The number of benzene rings is 3. The fraction of sp³-hybridized carbons (Fsp3) is 0.154. The second kappa shape index (κ2) is 12.7. The molecule has 36 heavy (non-hydrogen) atoms. The Morgan fingerprint density at radius 1 is 0.722 bits per heavy atom. The molecule has 0 aliphatic carbocycles. The Hall–Kier alpha value is -4.70. The molecule has 3 aromatic rings. The summed E-state index contributed by atoms with van der Waals surface area (Å²) in [5.74, 6) is -2.94. The van der Waals surface area contributed by atoms with E-state index in [0.29, 0.717) is 16.9 Å². The molecule has 2 atom stereocenters. The van der Waals surface area contributed by atoms with Gasteiger partial charge in [0.1, 0.15) is 6.04 Å². The van der Waals surface area contributed by atoms with Crippen molar-refractivity contribution in [2.24, 2.45) is 0 Å². The number of anilines is 2. The van der Waals surface area contributed by atoms with Gasteiger partial charge in [0.2, 0.25) is 5.91 Å². The van der Waals surface area contributed by atoms with Gasteiger partial charge in [0, 0.05) is 17.8 Å². The third kappa shape index (κ3) is 7.67. The second-order valence-corrected chi connectivity index (χ2v) is 7.95. The van der Waals surface area contributed by atoms with E-state index in [1.807, 2.05) is 36.4 Å². The Bertz CT molecular complexity index is 1190. The number of para-hydroxylation sites is 1. The van der Waals surface area contributed by atoms with Crippen LogP contribution in [-0.2, 0) is 20.8 Å². The van der Waals surface area contributed by atoms with Crippen molar-refractivity contribution in [3.8, 4) is 0 Å². The van der Waals surface area contributed by atoms with E-state index in [9.17, 15) is 19.2 Å². The van der Waals surface area contributed by atoms with Crippen molar-refractivity contribution in [2.45, 2.75) is 25.4 Å². The fourth-order valence-corrected chi connectivity index (χ4v) is 3.40. The predicted molar refractivity (Wildman–Crippen MR) is 134 cm³/mol. The van der Waals surface area contributed by atoms with Crippen molar-refractivity contribution >= 4 is 35.1 Å². The normalized spacial score (nSPS) is 11.9. The van der Waals surface area contributed by atoms with Crippen LogP contribution in [0.2, 0.25) is 0 Å². The molecular formula is C26H27N5O5. The quantitative estimate of drug-likeness (QED) is 0.163. The molecule has 10 heteroatoms. The Morgan fingerprint density at radius 3 is 1.86 bits per heavy atom. The molecule has 5 amide bonds. The third-order valence-corrected chi connectivity index (χ3v) is 5.27.